The standard InChI is InChI=1S/C17H21N3O2S/c1-11-4-5-12(2)14(8-11)22-10-16(21)19-17-18-13-6-7-20(3)9-15(13)23-17/h4-5,8H,6-7,9-10H2,1-3H3,(H,18,19,21). The molecule has 0 spiro atoms. The van der Waals surface area contributed by atoms with Gasteiger partial charge < -0.3 is 9.64 Å². The van der Waals surface area contributed by atoms with Gasteiger partial charge in [-0.1, -0.05) is 12.1 Å². The average molecular weight is 331 g/mol. The van der Waals surface area contributed by atoms with Gasteiger partial charge in [-0.25, -0.2) is 4.98 Å². The number of hydrogen-bond donors (Lipinski definition) is 1. The van der Waals surface area contributed by atoms with Crippen LogP contribution in [0.1, 0.15) is 21.7 Å². The van der Waals surface area contributed by atoms with Crippen molar-refractivity contribution < 1.29 is 9.53 Å². The molecule has 0 unspecified atom stereocenters. The van der Waals surface area contributed by atoms with Gasteiger partial charge in [0.15, 0.2) is 11.7 Å². The second kappa shape index (κ2) is 6.68. The van der Waals surface area contributed by atoms with Crippen molar-refractivity contribution in [2.24, 2.45) is 0 Å². The molecule has 1 amide bonds. The minimum atomic E-state index is -0.176. The molecule has 0 fully saturated rings. The van der Waals surface area contributed by atoms with Gasteiger partial charge in [-0.15, -0.1) is 11.3 Å². The van der Waals surface area contributed by atoms with E-state index in [9.17, 15) is 4.79 Å². The maximum atomic E-state index is 12.1. The van der Waals surface area contributed by atoms with Gasteiger partial charge in [-0.2, -0.15) is 0 Å². The summed E-state index contributed by atoms with van der Waals surface area (Å²) in [5.41, 5.74) is 3.25. The summed E-state index contributed by atoms with van der Waals surface area (Å²) in [5.74, 6) is 0.575. The SMILES string of the molecule is Cc1ccc(C)c(OCC(=O)Nc2nc3c(s2)CN(C)CC3)c1. The lowest BCUT2D eigenvalue weighted by molar-refractivity contribution is -0.118. The zero-order valence-corrected chi connectivity index (χ0v) is 14.5. The molecule has 2 heterocycles. The number of carbonyl (C=O) groups excluding carboxylic acids is 1. The molecule has 3 rings (SSSR count). The van der Waals surface area contributed by atoms with Crippen LogP contribution in [-0.2, 0) is 17.8 Å². The monoisotopic (exact) mass is 331 g/mol. The van der Waals surface area contributed by atoms with Crippen LogP contribution in [0.2, 0.25) is 0 Å². The number of hydrogen-bond acceptors (Lipinski definition) is 5. The highest BCUT2D eigenvalue weighted by molar-refractivity contribution is 7.15. The fourth-order valence-corrected chi connectivity index (χ4v) is 3.64. The Morgan fingerprint density at radius 2 is 2.26 bits per heavy atom. The van der Waals surface area contributed by atoms with E-state index in [1.54, 1.807) is 11.3 Å². The van der Waals surface area contributed by atoms with Crippen molar-refractivity contribution in [3.05, 3.63) is 39.9 Å². The van der Waals surface area contributed by atoms with E-state index in [4.69, 9.17) is 4.74 Å². The number of fused-ring (bicyclic) bond motifs is 1. The fourth-order valence-electron chi connectivity index (χ4n) is 2.54. The zero-order chi connectivity index (χ0) is 16.4. The van der Waals surface area contributed by atoms with Crippen LogP contribution in [0.3, 0.4) is 0 Å². The van der Waals surface area contributed by atoms with Crippen LogP contribution in [0.15, 0.2) is 18.2 Å². The molecule has 5 nitrogen and oxygen atoms in total. The predicted octanol–water partition coefficient (Wildman–Crippen LogP) is 2.77. The first kappa shape index (κ1) is 16.0. The number of carbonyl (C=O) groups is 1. The first-order chi connectivity index (χ1) is 11.0. The van der Waals surface area contributed by atoms with E-state index in [1.807, 2.05) is 32.0 Å². The third-order valence-corrected chi connectivity index (χ3v) is 4.87. The maximum absolute atomic E-state index is 12.1. The van der Waals surface area contributed by atoms with Crippen molar-refractivity contribution in [2.45, 2.75) is 26.8 Å². The molecule has 1 aromatic heterocycles. The number of anilines is 1. The van der Waals surface area contributed by atoms with Crippen LogP contribution in [0.4, 0.5) is 5.13 Å². The molecule has 1 N–H and O–H groups in total. The van der Waals surface area contributed by atoms with E-state index < -0.39 is 0 Å². The molecular weight excluding hydrogens is 310 g/mol. The molecule has 122 valence electrons. The Bertz CT molecular complexity index is 727. The molecule has 0 bridgehead atoms. The average Bonchev–Trinajstić information content (AvgIpc) is 2.89. The highest BCUT2D eigenvalue weighted by Crippen LogP contribution is 2.27. The Morgan fingerprint density at radius 3 is 3.09 bits per heavy atom. The maximum Gasteiger partial charge on any atom is 0.264 e. The predicted molar refractivity (Wildman–Crippen MR) is 92.2 cm³/mol. The van der Waals surface area contributed by atoms with Crippen LogP contribution >= 0.6 is 11.3 Å². The Labute approximate surface area is 140 Å². The minimum absolute atomic E-state index is 0.00551. The van der Waals surface area contributed by atoms with Crippen LogP contribution in [0, 0.1) is 13.8 Å². The van der Waals surface area contributed by atoms with Crippen LogP contribution in [0.5, 0.6) is 5.75 Å². The number of likely N-dealkylation sites (N-methyl/N-ethyl adjacent to an activating group) is 1. The first-order valence-corrected chi connectivity index (χ1v) is 8.50. The quantitative estimate of drug-likeness (QED) is 0.936. The summed E-state index contributed by atoms with van der Waals surface area (Å²) >= 11 is 1.55. The molecule has 23 heavy (non-hydrogen) atoms. The van der Waals surface area contributed by atoms with Gasteiger partial charge in [-0.3, -0.25) is 10.1 Å². The lowest BCUT2D eigenvalue weighted by atomic mass is 10.1. The Balaban J connectivity index is 1.58. The van der Waals surface area contributed by atoms with Gasteiger partial charge in [0, 0.05) is 24.4 Å². The second-order valence-corrected chi connectivity index (χ2v) is 7.07. The summed E-state index contributed by atoms with van der Waals surface area (Å²) < 4.78 is 5.63. The molecule has 6 heteroatoms. The Hall–Kier alpha value is -1.92. The van der Waals surface area contributed by atoms with Crippen molar-refractivity contribution in [3.63, 3.8) is 0 Å². The number of amides is 1. The summed E-state index contributed by atoms with van der Waals surface area (Å²) in [6.45, 7) is 5.89. The number of nitrogens with zero attached hydrogens (tertiary/aromatic N) is 2. The summed E-state index contributed by atoms with van der Waals surface area (Å²) in [6.07, 6.45) is 0.942. The molecule has 0 aliphatic carbocycles. The van der Waals surface area contributed by atoms with Crippen LogP contribution in [0.25, 0.3) is 0 Å². The van der Waals surface area contributed by atoms with Crippen LogP contribution in [-0.4, -0.2) is 36.0 Å². The number of benzene rings is 1. The molecule has 2 aromatic rings. The van der Waals surface area contributed by atoms with Gasteiger partial charge in [-0.05, 0) is 38.1 Å². The molecule has 0 radical (unpaired) electrons. The van der Waals surface area contributed by atoms with Gasteiger partial charge in [0.25, 0.3) is 5.91 Å². The molecule has 1 aliphatic heterocycles. The highest BCUT2D eigenvalue weighted by Gasteiger charge is 2.19. The van der Waals surface area contributed by atoms with Crippen molar-refractivity contribution in [1.29, 1.82) is 0 Å². The van der Waals surface area contributed by atoms with E-state index in [2.05, 4.69) is 22.2 Å². The lowest BCUT2D eigenvalue weighted by Crippen LogP contribution is -2.25. The number of nitrogens with one attached hydrogen (secondary N) is 1. The molecule has 1 aromatic carbocycles. The fraction of sp³-hybridized carbons (Fsp3) is 0.412. The van der Waals surface area contributed by atoms with Crippen molar-refractivity contribution in [1.82, 2.24) is 9.88 Å². The topological polar surface area (TPSA) is 54.5 Å². The summed E-state index contributed by atoms with van der Waals surface area (Å²) in [4.78, 5) is 20.1. The Morgan fingerprint density at radius 1 is 1.43 bits per heavy atom. The van der Waals surface area contributed by atoms with Gasteiger partial charge >= 0.3 is 0 Å². The largest absolute Gasteiger partial charge is 0.483 e. The first-order valence-electron chi connectivity index (χ1n) is 7.68. The van der Waals surface area contributed by atoms with E-state index in [0.717, 1.165) is 42.1 Å². The summed E-state index contributed by atoms with van der Waals surface area (Å²) in [5, 5.41) is 3.51. The minimum Gasteiger partial charge on any atom is -0.483 e. The zero-order valence-electron chi connectivity index (χ0n) is 13.7. The third kappa shape index (κ3) is 3.89. The third-order valence-electron chi connectivity index (χ3n) is 3.87. The van der Waals surface area contributed by atoms with Crippen molar-refractivity contribution >= 4 is 22.4 Å². The van der Waals surface area contributed by atoms with Crippen molar-refractivity contribution in [2.75, 3.05) is 25.5 Å². The number of aryl methyl sites for hydroxylation is 2. The number of aromatic nitrogens is 1. The lowest BCUT2D eigenvalue weighted by Gasteiger charge is -2.20. The summed E-state index contributed by atoms with van der Waals surface area (Å²) in [7, 11) is 2.10. The van der Waals surface area contributed by atoms with E-state index >= 15 is 0 Å². The second-order valence-electron chi connectivity index (χ2n) is 5.98. The van der Waals surface area contributed by atoms with Gasteiger partial charge in [0.05, 0.1) is 5.69 Å². The molecule has 0 saturated heterocycles. The normalized spacial score (nSPS) is 14.4. The van der Waals surface area contributed by atoms with Crippen LogP contribution < -0.4 is 10.1 Å². The molecule has 0 saturated carbocycles. The van der Waals surface area contributed by atoms with Crippen molar-refractivity contribution in [3.8, 4) is 5.75 Å². The van der Waals surface area contributed by atoms with Gasteiger partial charge in [0.1, 0.15) is 5.75 Å². The molecular formula is C17H21N3O2S. The molecule has 0 atom stereocenters. The van der Waals surface area contributed by atoms with E-state index in [-0.39, 0.29) is 12.5 Å². The smallest absolute Gasteiger partial charge is 0.264 e. The number of thiazole rings is 1. The van der Waals surface area contributed by atoms with E-state index in [1.165, 1.54) is 4.88 Å². The summed E-state index contributed by atoms with van der Waals surface area (Å²) in [6, 6.07) is 5.97. The Kier molecular flexibility index (Phi) is 4.63. The van der Waals surface area contributed by atoms with Gasteiger partial charge in [0.2, 0.25) is 0 Å². The number of rotatable bonds is 4. The highest BCUT2D eigenvalue weighted by atomic mass is 32.1. The van der Waals surface area contributed by atoms with E-state index in [0.29, 0.717) is 5.13 Å². The number of ether oxygens (including phenoxy) is 1. The molecule has 1 aliphatic rings.